The van der Waals surface area contributed by atoms with Crippen LogP contribution in [0.3, 0.4) is 0 Å². The SMILES string of the molecule is CB1OC(=O)C(CCC2CCC3C4CCC5CC(O)CCC5(C)C4CCC23C)C1=O. The van der Waals surface area contributed by atoms with Crippen LogP contribution in [0.4, 0.5) is 0 Å². The Labute approximate surface area is 182 Å². The van der Waals surface area contributed by atoms with E-state index in [2.05, 4.69) is 13.8 Å². The molecule has 0 radical (unpaired) electrons. The van der Waals surface area contributed by atoms with Crippen LogP contribution in [0.5, 0.6) is 0 Å². The first-order valence-corrected chi connectivity index (χ1v) is 12.7. The van der Waals surface area contributed by atoms with E-state index < -0.39 is 12.8 Å². The van der Waals surface area contributed by atoms with Gasteiger partial charge in [0.15, 0.2) is 5.68 Å². The quantitative estimate of drug-likeness (QED) is 0.538. The molecule has 1 saturated heterocycles. The molecule has 4 aliphatic carbocycles. The third-order valence-electron chi connectivity index (χ3n) is 11.0. The average molecular weight is 414 g/mol. The van der Waals surface area contributed by atoms with Gasteiger partial charge in [0.25, 0.3) is 5.97 Å². The van der Waals surface area contributed by atoms with Crippen LogP contribution in [0.15, 0.2) is 0 Å². The summed E-state index contributed by atoms with van der Waals surface area (Å²) in [4.78, 5) is 24.4. The minimum absolute atomic E-state index is 0.00542. The first-order valence-electron chi connectivity index (χ1n) is 12.7. The van der Waals surface area contributed by atoms with Gasteiger partial charge in [-0.25, -0.2) is 0 Å². The molecule has 5 fully saturated rings. The minimum atomic E-state index is -0.546. The molecule has 9 unspecified atom stereocenters. The van der Waals surface area contributed by atoms with E-state index in [1.54, 1.807) is 6.82 Å². The van der Waals surface area contributed by atoms with Crippen LogP contribution in [-0.4, -0.2) is 29.8 Å². The highest BCUT2D eigenvalue weighted by molar-refractivity contribution is 6.88. The van der Waals surface area contributed by atoms with Gasteiger partial charge in [-0.15, -0.1) is 0 Å². The molecule has 1 heterocycles. The van der Waals surface area contributed by atoms with E-state index in [9.17, 15) is 14.7 Å². The summed E-state index contributed by atoms with van der Waals surface area (Å²) in [6, 6.07) is 0. The van der Waals surface area contributed by atoms with Gasteiger partial charge in [-0.3, -0.25) is 4.79 Å². The number of aliphatic hydroxyl groups is 1. The summed E-state index contributed by atoms with van der Waals surface area (Å²) >= 11 is 0. The molecule has 0 aromatic carbocycles. The number of hydrogen-bond acceptors (Lipinski definition) is 4. The van der Waals surface area contributed by atoms with E-state index in [4.69, 9.17) is 4.65 Å². The van der Waals surface area contributed by atoms with E-state index in [-0.39, 0.29) is 17.8 Å². The fraction of sp³-hybridized carbons (Fsp3) is 0.920. The van der Waals surface area contributed by atoms with Gasteiger partial charge in [-0.1, -0.05) is 13.8 Å². The second-order valence-electron chi connectivity index (χ2n) is 12.0. The molecule has 5 aliphatic rings. The van der Waals surface area contributed by atoms with Gasteiger partial charge in [-0.2, -0.15) is 0 Å². The summed E-state index contributed by atoms with van der Waals surface area (Å²) in [5, 5.41) is 10.2. The highest BCUT2D eigenvalue weighted by Gasteiger charge is 2.60. The van der Waals surface area contributed by atoms with Crippen molar-refractivity contribution in [2.45, 2.75) is 97.4 Å². The van der Waals surface area contributed by atoms with Crippen LogP contribution >= 0.6 is 0 Å². The number of aliphatic hydroxyl groups excluding tert-OH is 1. The molecule has 0 bridgehead atoms. The normalized spacial score (nSPS) is 50.7. The fourth-order valence-electron chi connectivity index (χ4n) is 9.16. The molecule has 0 aromatic heterocycles. The molecule has 5 rings (SSSR count). The first kappa shape index (κ1) is 21.0. The van der Waals surface area contributed by atoms with Gasteiger partial charge in [0.1, 0.15) is 5.92 Å². The lowest BCUT2D eigenvalue weighted by molar-refractivity contribution is -0.138. The summed E-state index contributed by atoms with van der Waals surface area (Å²) in [5.74, 6) is 3.01. The van der Waals surface area contributed by atoms with Crippen molar-refractivity contribution in [2.75, 3.05) is 0 Å². The van der Waals surface area contributed by atoms with Crippen molar-refractivity contribution in [3.63, 3.8) is 0 Å². The number of rotatable bonds is 3. The molecule has 0 amide bonds. The fourth-order valence-corrected chi connectivity index (χ4v) is 9.16. The molecule has 9 atom stereocenters. The molecular formula is C25H39BO4. The van der Waals surface area contributed by atoms with Crippen LogP contribution in [-0.2, 0) is 14.2 Å². The van der Waals surface area contributed by atoms with E-state index in [1.165, 1.54) is 44.9 Å². The first-order chi connectivity index (χ1) is 14.2. The van der Waals surface area contributed by atoms with Crippen LogP contribution < -0.4 is 0 Å². The molecule has 0 spiro atoms. The summed E-state index contributed by atoms with van der Waals surface area (Å²) < 4.78 is 5.17. The van der Waals surface area contributed by atoms with Gasteiger partial charge in [-0.05, 0) is 118 Å². The zero-order valence-electron chi connectivity index (χ0n) is 19.1. The van der Waals surface area contributed by atoms with Gasteiger partial charge in [0.2, 0.25) is 0 Å². The van der Waals surface area contributed by atoms with E-state index >= 15 is 0 Å². The maximum atomic E-state index is 12.3. The van der Waals surface area contributed by atoms with Gasteiger partial charge in [0, 0.05) is 0 Å². The standard InChI is InChI=1S/C25H39BO4/c1-24-13-11-21-18(7-5-16-14-17(27)10-12-25(16,21)2)20(24)9-6-15(24)4-8-19-22(28)26(3)30-23(19)29/h15-21,27H,4-14H2,1-3H3. The topological polar surface area (TPSA) is 63.6 Å². The van der Waals surface area contributed by atoms with E-state index in [0.717, 1.165) is 37.0 Å². The molecule has 4 nitrogen and oxygen atoms in total. The number of carbonyl (C=O) groups is 2. The van der Waals surface area contributed by atoms with Crippen molar-refractivity contribution in [1.82, 2.24) is 0 Å². The maximum Gasteiger partial charge on any atom is 0.431 e. The zero-order chi connectivity index (χ0) is 21.3. The average Bonchev–Trinajstić information content (AvgIpc) is 3.16. The van der Waals surface area contributed by atoms with Crippen molar-refractivity contribution in [2.24, 2.45) is 46.3 Å². The van der Waals surface area contributed by atoms with Gasteiger partial charge in [0.05, 0.1) is 6.10 Å². The second kappa shape index (κ2) is 7.35. The van der Waals surface area contributed by atoms with Crippen LogP contribution in [0, 0.1) is 46.3 Å². The monoisotopic (exact) mass is 414 g/mol. The van der Waals surface area contributed by atoms with Crippen molar-refractivity contribution >= 4 is 18.6 Å². The molecular weight excluding hydrogens is 375 g/mol. The van der Waals surface area contributed by atoms with Crippen molar-refractivity contribution in [1.29, 1.82) is 0 Å². The summed E-state index contributed by atoms with van der Waals surface area (Å²) in [6.07, 6.45) is 12.7. The Morgan fingerprint density at radius 2 is 1.70 bits per heavy atom. The Hall–Kier alpha value is -0.835. The van der Waals surface area contributed by atoms with Gasteiger partial charge >= 0.3 is 6.92 Å². The van der Waals surface area contributed by atoms with Crippen molar-refractivity contribution in [3.05, 3.63) is 0 Å². The van der Waals surface area contributed by atoms with Crippen LogP contribution in [0.2, 0.25) is 6.82 Å². The smallest absolute Gasteiger partial charge is 0.431 e. The maximum absolute atomic E-state index is 12.3. The highest BCUT2D eigenvalue weighted by Crippen LogP contribution is 2.68. The summed E-state index contributed by atoms with van der Waals surface area (Å²) in [6.45, 7) is 6.24. The lowest BCUT2D eigenvalue weighted by Crippen LogP contribution is -2.53. The van der Waals surface area contributed by atoms with Crippen LogP contribution in [0.25, 0.3) is 0 Å². The largest absolute Gasteiger partial charge is 0.527 e. The lowest BCUT2D eigenvalue weighted by atomic mass is 9.44. The van der Waals surface area contributed by atoms with E-state index in [1.807, 2.05) is 0 Å². The van der Waals surface area contributed by atoms with Crippen molar-refractivity contribution in [3.8, 4) is 0 Å². The molecule has 5 heteroatoms. The Morgan fingerprint density at radius 1 is 0.967 bits per heavy atom. The van der Waals surface area contributed by atoms with Crippen molar-refractivity contribution < 1.29 is 19.3 Å². The highest BCUT2D eigenvalue weighted by atomic mass is 16.5. The Bertz CT molecular complexity index is 724. The Kier molecular flexibility index (Phi) is 5.16. The van der Waals surface area contributed by atoms with Crippen LogP contribution in [0.1, 0.15) is 84.5 Å². The molecule has 0 aromatic rings. The molecule has 1 aliphatic heterocycles. The lowest BCUT2D eigenvalue weighted by Gasteiger charge is -2.61. The zero-order valence-corrected chi connectivity index (χ0v) is 19.1. The molecule has 1 N–H and O–H groups in total. The molecule has 4 saturated carbocycles. The Balaban J connectivity index is 1.29. The van der Waals surface area contributed by atoms with Gasteiger partial charge < -0.3 is 14.6 Å². The van der Waals surface area contributed by atoms with E-state index in [0.29, 0.717) is 29.1 Å². The minimum Gasteiger partial charge on any atom is -0.527 e. The second-order valence-corrected chi connectivity index (χ2v) is 12.0. The molecule has 166 valence electrons. The summed E-state index contributed by atoms with van der Waals surface area (Å²) in [5.41, 5.74) is 0.794. The molecule has 30 heavy (non-hydrogen) atoms. The predicted octanol–water partition coefficient (Wildman–Crippen LogP) is 4.69. The number of hydrogen-bond donors (Lipinski definition) is 1. The Morgan fingerprint density at radius 3 is 2.43 bits per heavy atom. The predicted molar refractivity (Wildman–Crippen MR) is 117 cm³/mol. The third-order valence-corrected chi connectivity index (χ3v) is 11.0. The summed E-state index contributed by atoms with van der Waals surface area (Å²) in [7, 11) is 0. The third kappa shape index (κ3) is 3.04. The number of fused-ring (bicyclic) bond motifs is 5. The number of carbonyl (C=O) groups excluding carboxylic acids is 2.